The van der Waals surface area contributed by atoms with Crippen molar-refractivity contribution in [2.45, 2.75) is 6.54 Å². The van der Waals surface area contributed by atoms with Crippen LogP contribution >= 0.6 is 0 Å². The summed E-state index contributed by atoms with van der Waals surface area (Å²) in [6.07, 6.45) is 3.91. The smallest absolute Gasteiger partial charge is 0.271 e. The quantitative estimate of drug-likeness (QED) is 0.812. The van der Waals surface area contributed by atoms with Gasteiger partial charge in [-0.3, -0.25) is 14.6 Å². The number of nitrogens with one attached hydrogen (secondary N) is 2. The number of methoxy groups -OCH3 is 1. The van der Waals surface area contributed by atoms with Gasteiger partial charge >= 0.3 is 0 Å². The first-order valence-corrected chi connectivity index (χ1v) is 5.51. The van der Waals surface area contributed by atoms with Crippen molar-refractivity contribution >= 4 is 5.91 Å². The first kappa shape index (κ1) is 12.7. The molecule has 7 nitrogen and oxygen atoms in total. The number of ether oxygens (including phenoxy) is 1. The van der Waals surface area contributed by atoms with Crippen molar-refractivity contribution in [1.82, 2.24) is 20.3 Å². The van der Waals surface area contributed by atoms with Crippen molar-refractivity contribution in [2.75, 3.05) is 7.11 Å². The standard InChI is InChI=1S/C12H12N4O3/c1-19-9-2-3-13-8(4-9)5-16-12(18)10-6-15-11(17)7-14-10/h2-4,6-7H,5H2,1H3,(H,15,17)(H,16,18). The predicted molar refractivity (Wildman–Crippen MR) is 66.8 cm³/mol. The molecular formula is C12H12N4O3. The minimum atomic E-state index is -0.388. The zero-order chi connectivity index (χ0) is 13.7. The van der Waals surface area contributed by atoms with Crippen LogP contribution in [-0.4, -0.2) is 28.0 Å². The number of aromatic amines is 1. The lowest BCUT2D eigenvalue weighted by Gasteiger charge is -2.05. The molecule has 2 rings (SSSR count). The van der Waals surface area contributed by atoms with Crippen molar-refractivity contribution in [3.63, 3.8) is 0 Å². The number of H-pyrrole nitrogens is 1. The molecule has 2 heterocycles. The molecule has 98 valence electrons. The molecule has 0 aromatic carbocycles. The zero-order valence-electron chi connectivity index (χ0n) is 10.2. The monoisotopic (exact) mass is 260 g/mol. The second-order valence-electron chi connectivity index (χ2n) is 3.67. The Morgan fingerprint density at radius 2 is 2.32 bits per heavy atom. The van der Waals surface area contributed by atoms with Gasteiger partial charge in [0.05, 0.1) is 25.5 Å². The van der Waals surface area contributed by atoms with E-state index in [0.717, 1.165) is 6.20 Å². The largest absolute Gasteiger partial charge is 0.497 e. The predicted octanol–water partition coefficient (Wildman–Crippen LogP) is 0.103. The van der Waals surface area contributed by atoms with Crippen molar-refractivity contribution in [2.24, 2.45) is 0 Å². The van der Waals surface area contributed by atoms with E-state index in [1.807, 2.05) is 0 Å². The second-order valence-corrected chi connectivity index (χ2v) is 3.67. The topological polar surface area (TPSA) is 97.0 Å². The van der Waals surface area contributed by atoms with Crippen LogP contribution in [0.5, 0.6) is 5.75 Å². The third-order valence-electron chi connectivity index (χ3n) is 2.36. The number of pyridine rings is 1. The molecule has 0 radical (unpaired) electrons. The van der Waals surface area contributed by atoms with E-state index in [1.165, 1.54) is 6.20 Å². The molecule has 0 aliphatic rings. The maximum absolute atomic E-state index is 11.7. The summed E-state index contributed by atoms with van der Waals surface area (Å²) >= 11 is 0. The number of nitrogens with zero attached hydrogens (tertiary/aromatic N) is 2. The molecule has 7 heteroatoms. The van der Waals surface area contributed by atoms with Crippen LogP contribution in [0.15, 0.2) is 35.5 Å². The molecule has 19 heavy (non-hydrogen) atoms. The molecule has 0 saturated carbocycles. The van der Waals surface area contributed by atoms with Crippen LogP contribution in [-0.2, 0) is 6.54 Å². The average Bonchev–Trinajstić information content (AvgIpc) is 2.46. The number of hydrogen-bond donors (Lipinski definition) is 2. The van der Waals surface area contributed by atoms with Gasteiger partial charge in [0.25, 0.3) is 11.5 Å². The fourth-order valence-electron chi connectivity index (χ4n) is 1.41. The fourth-order valence-corrected chi connectivity index (χ4v) is 1.41. The number of carbonyl (C=O) groups is 1. The first-order chi connectivity index (χ1) is 9.19. The number of carbonyl (C=O) groups excluding carboxylic acids is 1. The highest BCUT2D eigenvalue weighted by atomic mass is 16.5. The molecule has 2 aromatic heterocycles. The minimum absolute atomic E-state index is 0.141. The molecular weight excluding hydrogens is 248 g/mol. The van der Waals surface area contributed by atoms with E-state index in [2.05, 4.69) is 20.3 Å². The van der Waals surface area contributed by atoms with E-state index in [9.17, 15) is 9.59 Å². The summed E-state index contributed by atoms with van der Waals surface area (Å²) in [5.74, 6) is 0.280. The molecule has 0 bridgehead atoms. The molecule has 0 atom stereocenters. The van der Waals surface area contributed by atoms with Crippen molar-refractivity contribution in [3.8, 4) is 5.75 Å². The summed E-state index contributed by atoms with van der Waals surface area (Å²) in [5, 5.41) is 2.64. The highest BCUT2D eigenvalue weighted by Crippen LogP contribution is 2.09. The zero-order valence-corrected chi connectivity index (χ0v) is 10.2. The Morgan fingerprint density at radius 1 is 1.47 bits per heavy atom. The van der Waals surface area contributed by atoms with Gasteiger partial charge in [-0.1, -0.05) is 0 Å². The molecule has 0 spiro atoms. The van der Waals surface area contributed by atoms with Gasteiger partial charge in [0.2, 0.25) is 0 Å². The molecule has 2 aromatic rings. The Hall–Kier alpha value is -2.70. The van der Waals surface area contributed by atoms with E-state index in [-0.39, 0.29) is 23.7 Å². The van der Waals surface area contributed by atoms with Gasteiger partial charge in [0.15, 0.2) is 0 Å². The summed E-state index contributed by atoms with van der Waals surface area (Å²) in [6, 6.07) is 3.44. The van der Waals surface area contributed by atoms with Crippen LogP contribution < -0.4 is 15.6 Å². The van der Waals surface area contributed by atoms with Crippen molar-refractivity contribution < 1.29 is 9.53 Å². The first-order valence-electron chi connectivity index (χ1n) is 5.51. The summed E-state index contributed by atoms with van der Waals surface area (Å²) in [4.78, 5) is 32.7. The van der Waals surface area contributed by atoms with Crippen LogP contribution in [0.1, 0.15) is 16.2 Å². The van der Waals surface area contributed by atoms with E-state index in [0.29, 0.717) is 11.4 Å². The fraction of sp³-hybridized carbons (Fsp3) is 0.167. The van der Waals surface area contributed by atoms with Gasteiger partial charge in [-0.2, -0.15) is 0 Å². The Labute approximate surface area is 108 Å². The maximum atomic E-state index is 11.7. The third kappa shape index (κ3) is 3.38. The lowest BCUT2D eigenvalue weighted by molar-refractivity contribution is 0.0945. The van der Waals surface area contributed by atoms with E-state index in [1.54, 1.807) is 25.4 Å². The number of rotatable bonds is 4. The molecule has 0 aliphatic carbocycles. The summed E-state index contributed by atoms with van der Waals surface area (Å²) in [5.41, 5.74) is 0.450. The molecule has 0 unspecified atom stereocenters. The summed E-state index contributed by atoms with van der Waals surface area (Å²) in [6.45, 7) is 0.247. The normalized spacial score (nSPS) is 9.95. The Morgan fingerprint density at radius 3 is 3.00 bits per heavy atom. The number of hydrogen-bond acceptors (Lipinski definition) is 5. The van der Waals surface area contributed by atoms with Gasteiger partial charge in [-0.25, -0.2) is 4.98 Å². The maximum Gasteiger partial charge on any atom is 0.271 e. The van der Waals surface area contributed by atoms with Crippen LogP contribution in [0.3, 0.4) is 0 Å². The summed E-state index contributed by atoms with van der Waals surface area (Å²) in [7, 11) is 1.56. The van der Waals surface area contributed by atoms with Crippen molar-refractivity contribution in [1.29, 1.82) is 0 Å². The average molecular weight is 260 g/mol. The van der Waals surface area contributed by atoms with Crippen molar-refractivity contribution in [3.05, 3.63) is 52.5 Å². The SMILES string of the molecule is COc1ccnc(CNC(=O)c2c[nH]c(=O)cn2)c1. The molecule has 0 saturated heterocycles. The minimum Gasteiger partial charge on any atom is -0.497 e. The van der Waals surface area contributed by atoms with Crippen LogP contribution in [0.25, 0.3) is 0 Å². The molecule has 0 aliphatic heterocycles. The number of amides is 1. The van der Waals surface area contributed by atoms with Crippen LogP contribution in [0, 0.1) is 0 Å². The van der Waals surface area contributed by atoms with Crippen LogP contribution in [0.4, 0.5) is 0 Å². The highest BCUT2D eigenvalue weighted by molar-refractivity contribution is 5.91. The lowest BCUT2D eigenvalue weighted by atomic mass is 10.3. The molecule has 0 fully saturated rings. The van der Waals surface area contributed by atoms with Gasteiger partial charge in [-0.05, 0) is 6.07 Å². The summed E-state index contributed by atoms with van der Waals surface area (Å²) < 4.78 is 5.05. The van der Waals surface area contributed by atoms with Gasteiger partial charge < -0.3 is 15.0 Å². The van der Waals surface area contributed by atoms with E-state index < -0.39 is 0 Å². The lowest BCUT2D eigenvalue weighted by Crippen LogP contribution is -2.25. The third-order valence-corrected chi connectivity index (χ3v) is 2.36. The van der Waals surface area contributed by atoms with Gasteiger partial charge in [0.1, 0.15) is 11.4 Å². The molecule has 2 N–H and O–H groups in total. The Balaban J connectivity index is 2.00. The highest BCUT2D eigenvalue weighted by Gasteiger charge is 2.07. The van der Waals surface area contributed by atoms with Crippen LogP contribution in [0.2, 0.25) is 0 Å². The number of aromatic nitrogens is 3. The van der Waals surface area contributed by atoms with E-state index >= 15 is 0 Å². The van der Waals surface area contributed by atoms with Gasteiger partial charge in [0, 0.05) is 18.5 Å². The van der Waals surface area contributed by atoms with Gasteiger partial charge in [-0.15, -0.1) is 0 Å². The second kappa shape index (κ2) is 5.76. The molecule has 1 amide bonds. The Bertz CT molecular complexity index is 618. The Kier molecular flexibility index (Phi) is 3.87. The van der Waals surface area contributed by atoms with E-state index in [4.69, 9.17) is 4.74 Å².